The lowest BCUT2D eigenvalue weighted by molar-refractivity contribution is 0.0880. The number of amides is 2. The second-order valence-electron chi connectivity index (χ2n) is 14.1. The highest BCUT2D eigenvalue weighted by molar-refractivity contribution is 7.80. The van der Waals surface area contributed by atoms with E-state index in [4.69, 9.17) is 0 Å². The molecule has 0 saturated carbocycles. The number of nitrogens with one attached hydrogen (secondary N) is 2. The number of hydrogen-bond acceptors (Lipinski definition) is 2. The minimum Gasteiger partial charge on any atom is -0.343 e. The van der Waals surface area contributed by atoms with Crippen LogP contribution in [-0.4, -0.2) is 11.8 Å². The third-order valence-electron chi connectivity index (χ3n) is 10.6. The molecule has 2 amide bonds. The Morgan fingerprint density at radius 1 is 0.310 bits per heavy atom. The first kappa shape index (κ1) is 37.2. The van der Waals surface area contributed by atoms with Gasteiger partial charge in [0, 0.05) is 22.3 Å². The van der Waals surface area contributed by atoms with Crippen molar-refractivity contribution in [2.45, 2.75) is 12.1 Å². The zero-order chi connectivity index (χ0) is 39.3. The van der Waals surface area contributed by atoms with Crippen LogP contribution in [0.15, 0.2) is 218 Å². The van der Waals surface area contributed by atoms with Crippen molar-refractivity contribution >= 4 is 59.5 Å². The zero-order valence-corrected chi connectivity index (χ0v) is 33.4. The molecule has 8 aromatic rings. The minimum absolute atomic E-state index is 0.205. The Morgan fingerprint density at radius 2 is 0.586 bits per heavy atom. The number of carbonyl (C=O) groups is 2. The summed E-state index contributed by atoms with van der Waals surface area (Å²) in [6.07, 6.45) is 0. The van der Waals surface area contributed by atoms with Crippen molar-refractivity contribution in [3.63, 3.8) is 0 Å². The Bertz CT molecular complexity index is 2400. The first-order chi connectivity index (χ1) is 28.7. The van der Waals surface area contributed by atoms with Gasteiger partial charge in [-0.25, -0.2) is 0 Å². The Labute approximate surface area is 342 Å². The summed E-state index contributed by atoms with van der Waals surface area (Å²) in [5.74, 6) is -0.410. The van der Waals surface area contributed by atoms with Gasteiger partial charge in [0.05, 0.1) is 12.1 Å². The van der Waals surface area contributed by atoms with Crippen molar-refractivity contribution in [1.29, 1.82) is 0 Å². The third-order valence-corrected chi connectivity index (χ3v) is 15.6. The molecule has 0 fully saturated rings. The van der Waals surface area contributed by atoms with E-state index in [1.807, 2.05) is 109 Å². The number of carbonyl (C=O) groups excluding carboxylic acids is 2. The SMILES string of the molecule is O=C1N[C@@H](c2ccccc2)[C@H](c2ccccc2)NC(=O)c2cccc(P(c3ccccc3)c3ccccc3)c2-c2c1cccc2P(c1ccccc1)c1ccccc1. The Kier molecular flexibility index (Phi) is 10.9. The fourth-order valence-electron chi connectivity index (χ4n) is 8.00. The molecule has 0 aromatic heterocycles. The van der Waals surface area contributed by atoms with Crippen LogP contribution >= 0.6 is 15.8 Å². The molecule has 1 heterocycles. The van der Waals surface area contributed by atoms with Gasteiger partial charge in [-0.05, 0) is 70.9 Å². The molecular weight excluding hydrogens is 747 g/mol. The van der Waals surface area contributed by atoms with Gasteiger partial charge in [-0.2, -0.15) is 0 Å². The van der Waals surface area contributed by atoms with E-state index in [9.17, 15) is 0 Å². The fraction of sp³-hybridized carbons (Fsp3) is 0.0385. The summed E-state index contributed by atoms with van der Waals surface area (Å²) in [4.78, 5) is 30.9. The third kappa shape index (κ3) is 7.41. The van der Waals surface area contributed by atoms with Crippen LogP contribution in [0.4, 0.5) is 0 Å². The van der Waals surface area contributed by atoms with Crippen molar-refractivity contribution in [3.8, 4) is 11.1 Å². The van der Waals surface area contributed by atoms with Gasteiger partial charge < -0.3 is 10.6 Å². The van der Waals surface area contributed by atoms with Crippen LogP contribution in [0.2, 0.25) is 0 Å². The molecule has 0 unspecified atom stereocenters. The van der Waals surface area contributed by atoms with Crippen LogP contribution in [0.5, 0.6) is 0 Å². The molecule has 4 nitrogen and oxygen atoms in total. The van der Waals surface area contributed by atoms with E-state index in [1.54, 1.807) is 0 Å². The second-order valence-corrected chi connectivity index (χ2v) is 18.5. The molecule has 6 heteroatoms. The molecule has 2 atom stereocenters. The lowest BCUT2D eigenvalue weighted by Crippen LogP contribution is -2.43. The van der Waals surface area contributed by atoms with Gasteiger partial charge in [0.2, 0.25) is 0 Å². The lowest BCUT2D eigenvalue weighted by Gasteiger charge is -2.34. The van der Waals surface area contributed by atoms with Gasteiger partial charge in [0.25, 0.3) is 11.8 Å². The molecule has 8 aromatic carbocycles. The van der Waals surface area contributed by atoms with Crippen LogP contribution in [0.25, 0.3) is 11.1 Å². The Hall–Kier alpha value is -6.44. The summed E-state index contributed by atoms with van der Waals surface area (Å²) in [5, 5.41) is 13.6. The summed E-state index contributed by atoms with van der Waals surface area (Å²) in [5.41, 5.74) is 4.41. The maximum absolute atomic E-state index is 15.4. The maximum atomic E-state index is 15.4. The van der Waals surface area contributed by atoms with E-state index in [0.29, 0.717) is 11.1 Å². The molecular formula is C52H40N2O2P2. The highest BCUT2D eigenvalue weighted by Gasteiger charge is 2.36. The molecule has 0 spiro atoms. The molecule has 0 bridgehead atoms. The molecule has 280 valence electrons. The Morgan fingerprint density at radius 3 is 0.879 bits per heavy atom. The van der Waals surface area contributed by atoms with Gasteiger partial charge in [0.1, 0.15) is 0 Å². The molecule has 58 heavy (non-hydrogen) atoms. The predicted octanol–water partition coefficient (Wildman–Crippen LogP) is 8.83. The first-order valence-electron chi connectivity index (χ1n) is 19.4. The van der Waals surface area contributed by atoms with Crippen molar-refractivity contribution in [2.24, 2.45) is 0 Å². The smallest absolute Gasteiger partial charge is 0.252 e. The van der Waals surface area contributed by atoms with Crippen LogP contribution < -0.4 is 42.5 Å². The van der Waals surface area contributed by atoms with Crippen molar-refractivity contribution in [1.82, 2.24) is 10.6 Å². The van der Waals surface area contributed by atoms with Gasteiger partial charge in [-0.15, -0.1) is 0 Å². The summed E-state index contributed by atoms with van der Waals surface area (Å²) in [7, 11) is -2.40. The van der Waals surface area contributed by atoms with E-state index in [2.05, 4.69) is 120 Å². The molecule has 1 aliphatic heterocycles. The normalized spacial score (nSPS) is 15.2. The summed E-state index contributed by atoms with van der Waals surface area (Å²) >= 11 is 0. The topological polar surface area (TPSA) is 58.2 Å². The van der Waals surface area contributed by atoms with Gasteiger partial charge >= 0.3 is 0 Å². The lowest BCUT2D eigenvalue weighted by atomic mass is 9.89. The molecule has 2 N–H and O–H groups in total. The Balaban J connectivity index is 1.38. The number of rotatable bonds is 8. The molecule has 0 aliphatic carbocycles. The standard InChI is InChI=1S/C52H40N2O2P2/c55-51-43-33-19-35-45(57(39-25-11-3-12-26-39)40-27-13-4-14-28-40)47(43)48-44(34-20-36-46(48)58(41-29-15-5-16-30-41)42-31-17-6-18-32-42)52(56)54-50(38-23-9-2-10-24-38)49(53-51)37-21-7-1-8-22-37/h1-36,49-50H,(H,53,55)(H,54,56)/t49-,50-/m0/s1. The van der Waals surface area contributed by atoms with E-state index in [0.717, 1.165) is 54.1 Å². The maximum Gasteiger partial charge on any atom is 0.252 e. The van der Waals surface area contributed by atoms with E-state index in [1.165, 1.54) is 0 Å². The van der Waals surface area contributed by atoms with Gasteiger partial charge in [-0.3, -0.25) is 9.59 Å². The van der Waals surface area contributed by atoms with Crippen LogP contribution in [0.1, 0.15) is 43.9 Å². The summed E-state index contributed by atoms with van der Waals surface area (Å²) in [6, 6.07) is 73.1. The molecule has 0 radical (unpaired) electrons. The second kappa shape index (κ2) is 17.0. The van der Waals surface area contributed by atoms with Crippen LogP contribution in [0.3, 0.4) is 0 Å². The largest absolute Gasteiger partial charge is 0.343 e. The van der Waals surface area contributed by atoms with Gasteiger partial charge in [-0.1, -0.05) is 206 Å². The highest BCUT2D eigenvalue weighted by Crippen LogP contribution is 2.44. The minimum atomic E-state index is -1.20. The van der Waals surface area contributed by atoms with Crippen molar-refractivity contribution in [2.75, 3.05) is 0 Å². The highest BCUT2D eigenvalue weighted by atomic mass is 31.1. The summed E-state index contributed by atoms with van der Waals surface area (Å²) in [6.45, 7) is 0. The van der Waals surface area contributed by atoms with E-state index in [-0.39, 0.29) is 11.8 Å². The van der Waals surface area contributed by atoms with Crippen molar-refractivity contribution < 1.29 is 9.59 Å². The van der Waals surface area contributed by atoms with Crippen molar-refractivity contribution in [3.05, 3.63) is 241 Å². The fourth-order valence-corrected chi connectivity index (χ4v) is 13.0. The zero-order valence-electron chi connectivity index (χ0n) is 31.7. The predicted molar refractivity (Wildman–Crippen MR) is 243 cm³/mol. The van der Waals surface area contributed by atoms with E-state index >= 15 is 9.59 Å². The number of benzene rings is 8. The first-order valence-corrected chi connectivity index (χ1v) is 22.1. The summed E-state index contributed by atoms with van der Waals surface area (Å²) < 4.78 is 0. The number of hydrogen-bond donors (Lipinski definition) is 2. The number of fused-ring (bicyclic) bond motifs is 3. The van der Waals surface area contributed by atoms with Gasteiger partial charge in [0.15, 0.2) is 0 Å². The molecule has 0 saturated heterocycles. The molecule has 1 aliphatic rings. The molecule has 9 rings (SSSR count). The van der Waals surface area contributed by atoms with Crippen LogP contribution in [0, 0.1) is 0 Å². The average Bonchev–Trinajstić information content (AvgIpc) is 3.29. The van der Waals surface area contributed by atoms with E-state index < -0.39 is 27.9 Å². The average molecular weight is 787 g/mol. The van der Waals surface area contributed by atoms with Crippen LogP contribution in [-0.2, 0) is 0 Å². The monoisotopic (exact) mass is 786 g/mol. The quantitative estimate of drug-likeness (QED) is 0.151.